The fraction of sp³-hybridized carbons (Fsp3) is 0.286. The summed E-state index contributed by atoms with van der Waals surface area (Å²) in [6, 6.07) is 15.5. The summed E-state index contributed by atoms with van der Waals surface area (Å²) in [6.07, 6.45) is -4.76. The van der Waals surface area contributed by atoms with Crippen LogP contribution >= 0.6 is 0 Å². The molecule has 0 aliphatic carbocycles. The molecule has 6 heteroatoms. The third-order valence-corrected chi connectivity index (χ3v) is 4.13. The van der Waals surface area contributed by atoms with Crippen molar-refractivity contribution < 1.29 is 17.9 Å². The molecule has 0 saturated heterocycles. The Balaban J connectivity index is 2.16. The van der Waals surface area contributed by atoms with E-state index in [0.29, 0.717) is 12.2 Å². The summed E-state index contributed by atoms with van der Waals surface area (Å²) in [7, 11) is 0. The molecule has 27 heavy (non-hydrogen) atoms. The van der Waals surface area contributed by atoms with Crippen molar-refractivity contribution in [3.63, 3.8) is 0 Å². The number of rotatable bonds is 5. The summed E-state index contributed by atoms with van der Waals surface area (Å²) >= 11 is 0. The van der Waals surface area contributed by atoms with Crippen LogP contribution in [0.15, 0.2) is 54.6 Å². The second-order valence-corrected chi connectivity index (χ2v) is 6.45. The molecule has 1 heterocycles. The third-order valence-electron chi connectivity index (χ3n) is 4.13. The molecule has 0 amide bonds. The van der Waals surface area contributed by atoms with Crippen LogP contribution in [0.1, 0.15) is 26.3 Å². The predicted molar refractivity (Wildman–Crippen MR) is 102 cm³/mol. The number of pyridine rings is 1. The van der Waals surface area contributed by atoms with E-state index in [0.717, 1.165) is 11.8 Å². The Bertz CT molecular complexity index is 924. The summed E-state index contributed by atoms with van der Waals surface area (Å²) in [5.74, 6) is -0.0204. The Morgan fingerprint density at radius 3 is 2.30 bits per heavy atom. The molecule has 3 aromatic rings. The molecule has 0 bridgehead atoms. The lowest BCUT2D eigenvalue weighted by molar-refractivity contribution is -0.136. The molecule has 0 aliphatic heterocycles. The van der Waals surface area contributed by atoms with E-state index in [9.17, 15) is 13.2 Å². The number of benzene rings is 2. The Kier molecular flexibility index (Phi) is 5.26. The van der Waals surface area contributed by atoms with Gasteiger partial charge in [-0.2, -0.15) is 13.2 Å². The molecule has 3 rings (SSSR count). The minimum atomic E-state index is -4.50. The van der Waals surface area contributed by atoms with Crippen LogP contribution in [-0.4, -0.2) is 17.6 Å². The second kappa shape index (κ2) is 7.47. The Labute approximate surface area is 156 Å². The zero-order chi connectivity index (χ0) is 19.6. The fourth-order valence-electron chi connectivity index (χ4n) is 3.02. The highest BCUT2D eigenvalue weighted by Crippen LogP contribution is 2.38. The highest BCUT2D eigenvalue weighted by atomic mass is 19.4. The first-order chi connectivity index (χ1) is 12.8. The van der Waals surface area contributed by atoms with E-state index in [1.54, 1.807) is 32.0 Å². The van der Waals surface area contributed by atoms with Crippen LogP contribution in [0.4, 0.5) is 24.5 Å². The first-order valence-electron chi connectivity index (χ1n) is 8.81. The Morgan fingerprint density at radius 1 is 1.00 bits per heavy atom. The maximum Gasteiger partial charge on any atom is 0.417 e. The molecule has 0 fully saturated rings. The average Bonchev–Trinajstić information content (AvgIpc) is 2.61. The van der Waals surface area contributed by atoms with Gasteiger partial charge >= 0.3 is 6.18 Å². The minimum absolute atomic E-state index is 0.0204. The van der Waals surface area contributed by atoms with Crippen LogP contribution in [-0.2, 0) is 6.18 Å². The molecular weight excluding hydrogens is 353 g/mol. The number of halogens is 3. The van der Waals surface area contributed by atoms with Crippen LogP contribution in [0.25, 0.3) is 10.9 Å². The molecule has 0 spiro atoms. The van der Waals surface area contributed by atoms with E-state index in [1.165, 1.54) is 0 Å². The minimum Gasteiger partial charge on any atom is -0.475 e. The number of para-hydroxylation sites is 1. The number of nitrogens with zero attached hydrogens (tertiary/aromatic N) is 2. The van der Waals surface area contributed by atoms with Gasteiger partial charge in [0.05, 0.1) is 17.2 Å². The van der Waals surface area contributed by atoms with E-state index in [2.05, 4.69) is 4.98 Å². The van der Waals surface area contributed by atoms with E-state index in [1.807, 2.05) is 42.2 Å². The van der Waals surface area contributed by atoms with Gasteiger partial charge in [-0.15, -0.1) is 0 Å². The normalized spacial score (nSPS) is 11.8. The van der Waals surface area contributed by atoms with E-state index in [-0.39, 0.29) is 22.9 Å². The fourth-order valence-corrected chi connectivity index (χ4v) is 3.02. The lowest BCUT2D eigenvalue weighted by Gasteiger charge is -2.24. The van der Waals surface area contributed by atoms with Crippen molar-refractivity contribution in [2.75, 3.05) is 11.4 Å². The van der Waals surface area contributed by atoms with Gasteiger partial charge in [0.1, 0.15) is 0 Å². The molecule has 0 aliphatic rings. The van der Waals surface area contributed by atoms with Gasteiger partial charge in [-0.1, -0.05) is 18.2 Å². The zero-order valence-corrected chi connectivity index (χ0v) is 15.4. The molecule has 2 aromatic carbocycles. The molecule has 3 nitrogen and oxygen atoms in total. The zero-order valence-electron chi connectivity index (χ0n) is 15.4. The van der Waals surface area contributed by atoms with Crippen molar-refractivity contribution in [3.8, 4) is 5.88 Å². The van der Waals surface area contributed by atoms with Crippen LogP contribution in [0.3, 0.4) is 0 Å². The summed E-state index contributed by atoms with van der Waals surface area (Å²) in [5.41, 5.74) is 1.11. The highest BCUT2D eigenvalue weighted by molar-refractivity contribution is 5.88. The van der Waals surface area contributed by atoms with E-state index in [4.69, 9.17) is 4.74 Å². The van der Waals surface area contributed by atoms with Gasteiger partial charge < -0.3 is 9.64 Å². The quantitative estimate of drug-likeness (QED) is 0.532. The third kappa shape index (κ3) is 4.15. The molecule has 142 valence electrons. The Hall–Kier alpha value is -2.76. The van der Waals surface area contributed by atoms with Crippen molar-refractivity contribution in [2.45, 2.75) is 33.1 Å². The van der Waals surface area contributed by atoms with Gasteiger partial charge in [0.15, 0.2) is 0 Å². The summed E-state index contributed by atoms with van der Waals surface area (Å²) < 4.78 is 46.4. The number of anilines is 2. The molecule has 0 radical (unpaired) electrons. The van der Waals surface area contributed by atoms with Crippen molar-refractivity contribution in [1.29, 1.82) is 0 Å². The van der Waals surface area contributed by atoms with Crippen molar-refractivity contribution in [1.82, 2.24) is 4.98 Å². The van der Waals surface area contributed by atoms with Gasteiger partial charge in [0, 0.05) is 29.4 Å². The SMILES string of the molecule is CCN(c1ccccc1)c1ccc2nc(OC(C)C)cc(C(F)(F)F)c2c1. The van der Waals surface area contributed by atoms with Gasteiger partial charge in [0.2, 0.25) is 5.88 Å². The van der Waals surface area contributed by atoms with Crippen LogP contribution in [0.2, 0.25) is 0 Å². The molecule has 0 N–H and O–H groups in total. The summed E-state index contributed by atoms with van der Waals surface area (Å²) in [4.78, 5) is 6.20. The van der Waals surface area contributed by atoms with Crippen LogP contribution in [0.5, 0.6) is 5.88 Å². The monoisotopic (exact) mass is 374 g/mol. The lowest BCUT2D eigenvalue weighted by atomic mass is 10.1. The number of hydrogen-bond acceptors (Lipinski definition) is 3. The molecule has 0 unspecified atom stereocenters. The van der Waals surface area contributed by atoms with Crippen molar-refractivity contribution >= 4 is 22.3 Å². The average molecular weight is 374 g/mol. The van der Waals surface area contributed by atoms with Gasteiger partial charge in [-0.05, 0) is 51.1 Å². The number of ether oxygens (including phenoxy) is 1. The van der Waals surface area contributed by atoms with Crippen LogP contribution in [0, 0.1) is 0 Å². The first kappa shape index (κ1) is 19.0. The number of alkyl halides is 3. The highest BCUT2D eigenvalue weighted by Gasteiger charge is 2.34. The molecular formula is C21H21F3N2O. The topological polar surface area (TPSA) is 25.4 Å². The number of fused-ring (bicyclic) bond motifs is 1. The van der Waals surface area contributed by atoms with Gasteiger partial charge in [0.25, 0.3) is 0 Å². The van der Waals surface area contributed by atoms with Gasteiger partial charge in [-0.25, -0.2) is 4.98 Å². The molecule has 1 aromatic heterocycles. The van der Waals surface area contributed by atoms with Gasteiger partial charge in [-0.3, -0.25) is 0 Å². The standard InChI is InChI=1S/C21H21F3N2O/c1-4-26(15-8-6-5-7-9-15)16-10-11-19-17(12-16)18(21(22,23)24)13-20(25-19)27-14(2)3/h5-14H,4H2,1-3H3. The van der Waals surface area contributed by atoms with Crippen LogP contribution < -0.4 is 9.64 Å². The number of aromatic nitrogens is 1. The van der Waals surface area contributed by atoms with E-state index < -0.39 is 11.7 Å². The predicted octanol–water partition coefficient (Wildman–Crippen LogP) is 6.20. The summed E-state index contributed by atoms with van der Waals surface area (Å²) in [5, 5.41) is 0.0606. The van der Waals surface area contributed by atoms with Crippen molar-refractivity contribution in [2.24, 2.45) is 0 Å². The maximum atomic E-state index is 13.7. The Morgan fingerprint density at radius 2 is 1.70 bits per heavy atom. The van der Waals surface area contributed by atoms with Crippen molar-refractivity contribution in [3.05, 3.63) is 60.2 Å². The van der Waals surface area contributed by atoms with E-state index >= 15 is 0 Å². The lowest BCUT2D eigenvalue weighted by Crippen LogP contribution is -2.16. The first-order valence-corrected chi connectivity index (χ1v) is 8.81. The largest absolute Gasteiger partial charge is 0.475 e. The maximum absolute atomic E-state index is 13.7. The number of hydrogen-bond donors (Lipinski definition) is 0. The molecule has 0 saturated carbocycles. The smallest absolute Gasteiger partial charge is 0.417 e. The summed E-state index contributed by atoms with van der Waals surface area (Å²) in [6.45, 7) is 6.08. The second-order valence-electron chi connectivity index (χ2n) is 6.45. The molecule has 0 atom stereocenters.